The van der Waals surface area contributed by atoms with Crippen LogP contribution >= 0.6 is 0 Å². The lowest BCUT2D eigenvalue weighted by molar-refractivity contribution is -0.271. The average molecular weight is 359 g/mol. The summed E-state index contributed by atoms with van der Waals surface area (Å²) in [6.07, 6.45) is -4.04. The fraction of sp³-hybridized carbons (Fsp3) is 0.375. The molecule has 2 aromatic rings. The molecule has 2 rings (SSSR count). The smallest absolute Gasteiger partial charge is 0.374 e. The molecule has 25 heavy (non-hydrogen) atoms. The molecule has 136 valence electrons. The SMILES string of the molecule is CN(Cc1ccccc1F)C(=O)CC(O)(c1nccn1C)C(F)(F)F. The first-order chi connectivity index (χ1) is 11.6. The topological polar surface area (TPSA) is 58.4 Å². The van der Waals surface area contributed by atoms with E-state index in [4.69, 9.17) is 0 Å². The van der Waals surface area contributed by atoms with Crippen molar-refractivity contribution in [1.29, 1.82) is 0 Å². The van der Waals surface area contributed by atoms with Gasteiger partial charge >= 0.3 is 6.18 Å². The van der Waals surface area contributed by atoms with Gasteiger partial charge in [0.1, 0.15) is 5.82 Å². The van der Waals surface area contributed by atoms with Gasteiger partial charge in [-0.2, -0.15) is 13.2 Å². The van der Waals surface area contributed by atoms with Crippen molar-refractivity contribution in [2.45, 2.75) is 24.7 Å². The molecule has 0 spiro atoms. The zero-order chi connectivity index (χ0) is 18.8. The molecule has 0 bridgehead atoms. The first-order valence-corrected chi connectivity index (χ1v) is 7.30. The number of nitrogens with zero attached hydrogens (tertiary/aromatic N) is 3. The number of halogens is 4. The predicted octanol–water partition coefficient (Wildman–Crippen LogP) is 2.36. The van der Waals surface area contributed by atoms with E-state index in [2.05, 4.69) is 4.98 Å². The van der Waals surface area contributed by atoms with Crippen LogP contribution in [0.5, 0.6) is 0 Å². The minimum Gasteiger partial charge on any atom is -0.374 e. The Morgan fingerprint density at radius 1 is 1.32 bits per heavy atom. The van der Waals surface area contributed by atoms with Crippen molar-refractivity contribution in [3.05, 3.63) is 53.9 Å². The molecule has 5 nitrogen and oxygen atoms in total. The average Bonchev–Trinajstić information content (AvgIpc) is 2.94. The summed E-state index contributed by atoms with van der Waals surface area (Å²) >= 11 is 0. The quantitative estimate of drug-likeness (QED) is 0.834. The number of carbonyl (C=O) groups excluding carboxylic acids is 1. The van der Waals surface area contributed by atoms with Crippen LogP contribution in [0.25, 0.3) is 0 Å². The zero-order valence-corrected chi connectivity index (χ0v) is 13.6. The molecular weight excluding hydrogens is 342 g/mol. The maximum Gasteiger partial charge on any atom is 0.425 e. The molecule has 0 radical (unpaired) electrons. The molecule has 0 aliphatic carbocycles. The lowest BCUT2D eigenvalue weighted by Gasteiger charge is -2.31. The van der Waals surface area contributed by atoms with Crippen molar-refractivity contribution < 1.29 is 27.5 Å². The highest BCUT2D eigenvalue weighted by molar-refractivity contribution is 5.77. The number of hydrogen-bond donors (Lipinski definition) is 1. The van der Waals surface area contributed by atoms with Crippen molar-refractivity contribution in [1.82, 2.24) is 14.5 Å². The molecule has 0 saturated heterocycles. The van der Waals surface area contributed by atoms with E-state index in [0.717, 1.165) is 15.7 Å². The maximum absolute atomic E-state index is 13.6. The number of aryl methyl sites for hydroxylation is 1. The van der Waals surface area contributed by atoms with Crippen LogP contribution in [-0.2, 0) is 24.0 Å². The summed E-state index contributed by atoms with van der Waals surface area (Å²) in [4.78, 5) is 16.7. The summed E-state index contributed by atoms with van der Waals surface area (Å²) in [5.41, 5.74) is -3.28. The molecule has 0 aliphatic rings. The molecule has 1 N–H and O–H groups in total. The van der Waals surface area contributed by atoms with Gasteiger partial charge in [-0.3, -0.25) is 4.79 Å². The van der Waals surface area contributed by atoms with Crippen molar-refractivity contribution in [2.75, 3.05) is 7.05 Å². The molecule has 1 heterocycles. The van der Waals surface area contributed by atoms with Crippen LogP contribution in [0.15, 0.2) is 36.7 Å². The number of alkyl halides is 3. The van der Waals surface area contributed by atoms with Crippen LogP contribution in [-0.4, -0.2) is 38.7 Å². The third-order valence-corrected chi connectivity index (χ3v) is 3.86. The first kappa shape index (κ1) is 18.9. The number of benzene rings is 1. The van der Waals surface area contributed by atoms with Crippen molar-refractivity contribution in [3.63, 3.8) is 0 Å². The van der Waals surface area contributed by atoms with Gasteiger partial charge in [-0.25, -0.2) is 9.37 Å². The van der Waals surface area contributed by atoms with Gasteiger partial charge in [0, 0.05) is 38.6 Å². The van der Waals surface area contributed by atoms with Gasteiger partial charge < -0.3 is 14.6 Å². The van der Waals surface area contributed by atoms with E-state index < -0.39 is 35.7 Å². The van der Waals surface area contributed by atoms with Crippen LogP contribution in [0.3, 0.4) is 0 Å². The van der Waals surface area contributed by atoms with E-state index >= 15 is 0 Å². The Hall–Kier alpha value is -2.42. The number of hydrogen-bond acceptors (Lipinski definition) is 3. The van der Waals surface area contributed by atoms with E-state index in [1.807, 2.05) is 0 Å². The van der Waals surface area contributed by atoms with Gasteiger partial charge in [0.15, 0.2) is 5.82 Å². The molecule has 1 amide bonds. The lowest BCUT2D eigenvalue weighted by Crippen LogP contribution is -2.48. The first-order valence-electron chi connectivity index (χ1n) is 7.30. The summed E-state index contributed by atoms with van der Waals surface area (Å²) in [6.45, 7) is -0.222. The van der Waals surface area contributed by atoms with E-state index in [-0.39, 0.29) is 12.1 Å². The van der Waals surface area contributed by atoms with Gasteiger partial charge in [-0.1, -0.05) is 18.2 Å². The third-order valence-electron chi connectivity index (χ3n) is 3.86. The highest BCUT2D eigenvalue weighted by atomic mass is 19.4. The molecule has 0 fully saturated rings. The monoisotopic (exact) mass is 359 g/mol. The van der Waals surface area contributed by atoms with Crippen LogP contribution in [0.2, 0.25) is 0 Å². The molecule has 9 heteroatoms. The maximum atomic E-state index is 13.6. The Morgan fingerprint density at radius 3 is 2.48 bits per heavy atom. The number of amides is 1. The molecular formula is C16H17F4N3O2. The minimum absolute atomic E-state index is 0.158. The summed E-state index contributed by atoms with van der Waals surface area (Å²) in [7, 11) is 2.52. The third kappa shape index (κ3) is 3.81. The van der Waals surface area contributed by atoms with Crippen LogP contribution < -0.4 is 0 Å². The van der Waals surface area contributed by atoms with Gasteiger partial charge in [-0.15, -0.1) is 0 Å². The molecule has 1 atom stereocenters. The van der Waals surface area contributed by atoms with Gasteiger partial charge in [-0.05, 0) is 6.07 Å². The molecule has 1 aromatic heterocycles. The standard InChI is InChI=1S/C16H17F4N3O2/c1-22-8-7-21-14(22)15(25,16(18,19)20)9-13(24)23(2)10-11-5-3-4-6-12(11)17/h3-8,25H,9-10H2,1-2H3. The van der Waals surface area contributed by atoms with Crippen molar-refractivity contribution in [3.8, 4) is 0 Å². The second-order valence-electron chi connectivity index (χ2n) is 5.74. The lowest BCUT2D eigenvalue weighted by atomic mass is 9.96. The van der Waals surface area contributed by atoms with Crippen LogP contribution in [0.4, 0.5) is 17.6 Å². The molecule has 0 saturated carbocycles. The van der Waals surface area contributed by atoms with Crippen molar-refractivity contribution in [2.24, 2.45) is 7.05 Å². The summed E-state index contributed by atoms with van der Waals surface area (Å²) < 4.78 is 54.9. The summed E-state index contributed by atoms with van der Waals surface area (Å²) in [5, 5.41) is 10.2. The minimum atomic E-state index is -5.11. The van der Waals surface area contributed by atoms with E-state index in [9.17, 15) is 27.5 Å². The number of carbonyl (C=O) groups is 1. The number of imidazole rings is 1. The Bertz CT molecular complexity index is 760. The van der Waals surface area contributed by atoms with Gasteiger partial charge in [0.05, 0.1) is 6.42 Å². The fourth-order valence-electron chi connectivity index (χ4n) is 2.39. The fourth-order valence-corrected chi connectivity index (χ4v) is 2.39. The van der Waals surface area contributed by atoms with Crippen LogP contribution in [0.1, 0.15) is 17.8 Å². The van der Waals surface area contributed by atoms with E-state index in [1.54, 1.807) is 6.07 Å². The van der Waals surface area contributed by atoms with Crippen LogP contribution in [0, 0.1) is 5.82 Å². The van der Waals surface area contributed by atoms with Crippen molar-refractivity contribution >= 4 is 5.91 Å². The molecule has 1 unspecified atom stereocenters. The largest absolute Gasteiger partial charge is 0.425 e. The Labute approximate surface area is 141 Å². The van der Waals surface area contributed by atoms with E-state index in [0.29, 0.717) is 0 Å². The van der Waals surface area contributed by atoms with Gasteiger partial charge in [0.25, 0.3) is 0 Å². The molecule has 0 aliphatic heterocycles. The highest BCUT2D eigenvalue weighted by Gasteiger charge is 2.58. The zero-order valence-electron chi connectivity index (χ0n) is 13.6. The number of aromatic nitrogens is 2. The Kier molecular flexibility index (Phi) is 5.17. The second-order valence-corrected chi connectivity index (χ2v) is 5.74. The summed E-state index contributed by atoms with van der Waals surface area (Å²) in [5.74, 6) is -2.25. The normalized spacial score (nSPS) is 14.2. The number of rotatable bonds is 5. The number of aliphatic hydroxyl groups is 1. The van der Waals surface area contributed by atoms with E-state index in [1.165, 1.54) is 38.5 Å². The highest BCUT2D eigenvalue weighted by Crippen LogP contribution is 2.41. The van der Waals surface area contributed by atoms with Gasteiger partial charge in [0.2, 0.25) is 11.5 Å². The Morgan fingerprint density at radius 2 is 1.96 bits per heavy atom. The molecule has 1 aromatic carbocycles. The predicted molar refractivity (Wildman–Crippen MR) is 80.7 cm³/mol. The Balaban J connectivity index is 2.23. The second kappa shape index (κ2) is 6.83. The summed E-state index contributed by atoms with van der Waals surface area (Å²) in [6, 6.07) is 5.63.